The highest BCUT2D eigenvalue weighted by Crippen LogP contribution is 2.35. The molecule has 2 nitrogen and oxygen atoms in total. The minimum atomic E-state index is -4.51. The minimum Gasteiger partial charge on any atom is -0.380 e. The van der Waals surface area contributed by atoms with Gasteiger partial charge in [0.1, 0.15) is 5.82 Å². The first-order chi connectivity index (χ1) is 8.90. The maximum absolute atomic E-state index is 13.2. The number of alkyl halides is 3. The smallest absolute Gasteiger partial charge is 0.380 e. The normalized spacial score (nSPS) is 13.6. The van der Waals surface area contributed by atoms with Crippen LogP contribution in [0.2, 0.25) is 0 Å². The predicted octanol–water partition coefficient (Wildman–Crippen LogP) is 3.53. The molecule has 0 aliphatic carbocycles. The first kappa shape index (κ1) is 15.9. The quantitative estimate of drug-likeness (QED) is 0.804. The Kier molecular flexibility index (Phi) is 5.75. The topological polar surface area (TPSA) is 21.3 Å². The zero-order valence-electron chi connectivity index (χ0n) is 10.9. The molecule has 0 bridgehead atoms. The van der Waals surface area contributed by atoms with Crippen LogP contribution in [0.3, 0.4) is 0 Å². The minimum absolute atomic E-state index is 0.0663. The van der Waals surface area contributed by atoms with Gasteiger partial charge in [0.05, 0.1) is 18.2 Å². The van der Waals surface area contributed by atoms with Gasteiger partial charge in [0.25, 0.3) is 0 Å². The second-order valence-electron chi connectivity index (χ2n) is 4.00. The molecule has 0 saturated carbocycles. The molecular weight excluding hydrogens is 262 g/mol. The van der Waals surface area contributed by atoms with Crippen molar-refractivity contribution in [2.75, 3.05) is 19.8 Å². The van der Waals surface area contributed by atoms with Crippen LogP contribution in [0.5, 0.6) is 0 Å². The van der Waals surface area contributed by atoms with Crippen molar-refractivity contribution in [2.24, 2.45) is 0 Å². The molecule has 1 atom stereocenters. The Bertz CT molecular complexity index is 406. The van der Waals surface area contributed by atoms with Crippen LogP contribution in [0.1, 0.15) is 31.0 Å². The van der Waals surface area contributed by atoms with Gasteiger partial charge in [-0.3, -0.25) is 0 Å². The summed E-state index contributed by atoms with van der Waals surface area (Å²) in [5.41, 5.74) is -0.956. The predicted molar refractivity (Wildman–Crippen MR) is 64.3 cm³/mol. The van der Waals surface area contributed by atoms with Crippen LogP contribution in [-0.4, -0.2) is 19.8 Å². The van der Waals surface area contributed by atoms with Gasteiger partial charge in [0.2, 0.25) is 0 Å². The maximum Gasteiger partial charge on any atom is 0.416 e. The Morgan fingerprint density at radius 2 is 1.95 bits per heavy atom. The third-order valence-electron chi connectivity index (χ3n) is 2.63. The summed E-state index contributed by atoms with van der Waals surface area (Å²) in [6.45, 7) is 4.44. The summed E-state index contributed by atoms with van der Waals surface area (Å²) >= 11 is 0. The van der Waals surface area contributed by atoms with E-state index in [1.165, 1.54) is 0 Å². The van der Waals surface area contributed by atoms with Gasteiger partial charge in [-0.15, -0.1) is 0 Å². The van der Waals surface area contributed by atoms with Crippen molar-refractivity contribution in [3.8, 4) is 0 Å². The van der Waals surface area contributed by atoms with Crippen LogP contribution in [-0.2, 0) is 10.9 Å². The molecular formula is C13H17F4NO. The van der Waals surface area contributed by atoms with Crippen LogP contribution in [0.15, 0.2) is 18.2 Å². The van der Waals surface area contributed by atoms with E-state index < -0.39 is 23.6 Å². The first-order valence-electron chi connectivity index (χ1n) is 6.07. The summed E-state index contributed by atoms with van der Waals surface area (Å²) in [6.07, 6.45) is -4.51. The van der Waals surface area contributed by atoms with E-state index in [4.69, 9.17) is 4.74 Å². The molecule has 0 heterocycles. The number of hydrogen-bond donors (Lipinski definition) is 1. The molecule has 1 aromatic rings. The van der Waals surface area contributed by atoms with Gasteiger partial charge in [-0.05, 0) is 37.2 Å². The summed E-state index contributed by atoms with van der Waals surface area (Å²) in [4.78, 5) is 0. The van der Waals surface area contributed by atoms with Crippen molar-refractivity contribution in [3.05, 3.63) is 35.1 Å². The lowest BCUT2D eigenvalue weighted by Crippen LogP contribution is -2.28. The van der Waals surface area contributed by atoms with Gasteiger partial charge in [0, 0.05) is 6.61 Å². The molecule has 0 aliphatic heterocycles. The summed E-state index contributed by atoms with van der Waals surface area (Å²) < 4.78 is 57.1. The molecule has 1 aromatic carbocycles. The molecule has 6 heteroatoms. The van der Waals surface area contributed by atoms with Gasteiger partial charge in [-0.2, -0.15) is 13.2 Å². The summed E-state index contributed by atoms with van der Waals surface area (Å²) in [6, 6.07) is 1.81. The first-order valence-corrected chi connectivity index (χ1v) is 6.07. The third-order valence-corrected chi connectivity index (χ3v) is 2.63. The van der Waals surface area contributed by atoms with Crippen molar-refractivity contribution >= 4 is 0 Å². The molecule has 1 unspecified atom stereocenters. The lowest BCUT2D eigenvalue weighted by atomic mass is 10.00. The standard InChI is InChI=1S/C13H17F4NO/c1-3-18-12(8-19-4-2)10-7-9(14)5-6-11(10)13(15,16)17/h5-7,12,18H,3-4,8H2,1-2H3. The van der Waals surface area contributed by atoms with E-state index >= 15 is 0 Å². The number of ether oxygens (including phenoxy) is 1. The highest BCUT2D eigenvalue weighted by atomic mass is 19.4. The number of nitrogens with one attached hydrogen (secondary N) is 1. The molecule has 0 fully saturated rings. The summed E-state index contributed by atoms with van der Waals surface area (Å²) in [7, 11) is 0. The van der Waals surface area contributed by atoms with Crippen LogP contribution in [0.25, 0.3) is 0 Å². The monoisotopic (exact) mass is 279 g/mol. The van der Waals surface area contributed by atoms with E-state index in [0.717, 1.165) is 18.2 Å². The van der Waals surface area contributed by atoms with E-state index in [0.29, 0.717) is 13.2 Å². The molecule has 0 aromatic heterocycles. The van der Waals surface area contributed by atoms with E-state index in [-0.39, 0.29) is 12.2 Å². The lowest BCUT2D eigenvalue weighted by Gasteiger charge is -2.22. The fourth-order valence-corrected chi connectivity index (χ4v) is 1.82. The van der Waals surface area contributed by atoms with Crippen LogP contribution < -0.4 is 5.32 Å². The highest BCUT2D eigenvalue weighted by molar-refractivity contribution is 5.33. The molecule has 0 saturated heterocycles. The number of rotatable bonds is 6. The fraction of sp³-hybridized carbons (Fsp3) is 0.538. The Labute approximate surface area is 109 Å². The Balaban J connectivity index is 3.15. The molecule has 1 N–H and O–H groups in total. The summed E-state index contributed by atoms with van der Waals surface area (Å²) in [5.74, 6) is -0.692. The number of benzene rings is 1. The van der Waals surface area contributed by atoms with Gasteiger partial charge in [-0.25, -0.2) is 4.39 Å². The average molecular weight is 279 g/mol. The molecule has 0 spiro atoms. The van der Waals surface area contributed by atoms with Crippen LogP contribution in [0, 0.1) is 5.82 Å². The van der Waals surface area contributed by atoms with Crippen molar-refractivity contribution < 1.29 is 22.3 Å². The average Bonchev–Trinajstić information content (AvgIpc) is 2.32. The van der Waals surface area contributed by atoms with E-state index in [2.05, 4.69) is 5.32 Å². The number of likely N-dealkylation sites (N-methyl/N-ethyl adjacent to an activating group) is 1. The molecule has 19 heavy (non-hydrogen) atoms. The van der Waals surface area contributed by atoms with E-state index in [9.17, 15) is 17.6 Å². The van der Waals surface area contributed by atoms with E-state index in [1.54, 1.807) is 13.8 Å². The molecule has 0 amide bonds. The largest absolute Gasteiger partial charge is 0.416 e. The Morgan fingerprint density at radius 3 is 2.47 bits per heavy atom. The van der Waals surface area contributed by atoms with Gasteiger partial charge in [0.15, 0.2) is 0 Å². The third kappa shape index (κ3) is 4.47. The van der Waals surface area contributed by atoms with Crippen molar-refractivity contribution in [1.29, 1.82) is 0 Å². The Hall–Kier alpha value is -1.14. The zero-order valence-corrected chi connectivity index (χ0v) is 10.9. The second kappa shape index (κ2) is 6.86. The van der Waals surface area contributed by atoms with Gasteiger partial charge >= 0.3 is 6.18 Å². The molecule has 1 rings (SSSR count). The molecule has 0 radical (unpaired) electrons. The Morgan fingerprint density at radius 1 is 1.26 bits per heavy atom. The van der Waals surface area contributed by atoms with E-state index in [1.807, 2.05) is 0 Å². The van der Waals surface area contributed by atoms with Crippen molar-refractivity contribution in [2.45, 2.75) is 26.1 Å². The van der Waals surface area contributed by atoms with Crippen molar-refractivity contribution in [1.82, 2.24) is 5.32 Å². The maximum atomic E-state index is 13.2. The number of halogens is 4. The zero-order chi connectivity index (χ0) is 14.5. The molecule has 108 valence electrons. The van der Waals surface area contributed by atoms with Gasteiger partial charge in [-0.1, -0.05) is 6.92 Å². The molecule has 0 aliphatic rings. The second-order valence-corrected chi connectivity index (χ2v) is 4.00. The lowest BCUT2D eigenvalue weighted by molar-refractivity contribution is -0.138. The van der Waals surface area contributed by atoms with Crippen molar-refractivity contribution in [3.63, 3.8) is 0 Å². The number of hydrogen-bond acceptors (Lipinski definition) is 2. The van der Waals surface area contributed by atoms with Gasteiger partial charge < -0.3 is 10.1 Å². The van der Waals surface area contributed by atoms with Crippen LogP contribution >= 0.6 is 0 Å². The SMILES string of the molecule is CCNC(COCC)c1cc(F)ccc1C(F)(F)F. The van der Waals surface area contributed by atoms with Crippen LogP contribution in [0.4, 0.5) is 17.6 Å². The summed E-state index contributed by atoms with van der Waals surface area (Å²) in [5, 5.41) is 2.88. The highest BCUT2D eigenvalue weighted by Gasteiger charge is 2.35. The fourth-order valence-electron chi connectivity index (χ4n) is 1.82.